The predicted molar refractivity (Wildman–Crippen MR) is 135 cm³/mol. The summed E-state index contributed by atoms with van der Waals surface area (Å²) in [5.41, 5.74) is 3.12. The molecule has 2 aromatic carbocycles. The maximum atomic E-state index is 13.2. The lowest BCUT2D eigenvalue weighted by atomic mass is 10.0. The van der Waals surface area contributed by atoms with Crippen molar-refractivity contribution in [2.75, 3.05) is 36.4 Å². The quantitative estimate of drug-likeness (QED) is 0.462. The number of hydrogen-bond acceptors (Lipinski definition) is 4. The number of aryl methyl sites for hydroxylation is 1. The second kappa shape index (κ2) is 10.2. The Kier molecular flexibility index (Phi) is 7.19. The Morgan fingerprint density at radius 3 is 2.25 bits per heavy atom. The lowest BCUT2D eigenvalue weighted by molar-refractivity contribution is -0.137. The van der Waals surface area contributed by atoms with Gasteiger partial charge in [-0.1, -0.05) is 38.1 Å². The Balaban J connectivity index is 1.46. The standard InChI is InChI=1S/C27H30F3N5O/c1-17(2)20-8-10-23(11-9-20)32-26(36)35-14-12-34(13-15-35)25-18(3)19(4)31-24(33-25)21-6-5-7-22(16-21)27(28,29)30/h5-11,16-17H,12-15H2,1-4H3,(H,32,36). The van der Waals surface area contributed by atoms with Gasteiger partial charge in [-0.25, -0.2) is 14.8 Å². The molecule has 4 rings (SSSR count). The van der Waals surface area contributed by atoms with Crippen molar-refractivity contribution < 1.29 is 18.0 Å². The average molecular weight is 498 g/mol. The summed E-state index contributed by atoms with van der Waals surface area (Å²) in [5.74, 6) is 1.36. The first kappa shape index (κ1) is 25.5. The summed E-state index contributed by atoms with van der Waals surface area (Å²) >= 11 is 0. The Labute approximate surface area is 209 Å². The van der Waals surface area contributed by atoms with Gasteiger partial charge in [-0.2, -0.15) is 13.2 Å². The minimum absolute atomic E-state index is 0.160. The van der Waals surface area contributed by atoms with E-state index in [1.807, 2.05) is 38.1 Å². The van der Waals surface area contributed by atoms with Crippen LogP contribution in [0.1, 0.15) is 42.1 Å². The topological polar surface area (TPSA) is 61.4 Å². The van der Waals surface area contributed by atoms with Crippen molar-refractivity contribution in [3.8, 4) is 11.4 Å². The number of rotatable bonds is 4. The van der Waals surface area contributed by atoms with Crippen molar-refractivity contribution >= 4 is 17.5 Å². The van der Waals surface area contributed by atoms with E-state index >= 15 is 0 Å². The van der Waals surface area contributed by atoms with Gasteiger partial charge < -0.3 is 15.1 Å². The summed E-state index contributed by atoms with van der Waals surface area (Å²) in [6.45, 7) is 10.1. The highest BCUT2D eigenvalue weighted by molar-refractivity contribution is 5.89. The number of nitrogens with one attached hydrogen (secondary N) is 1. The number of benzene rings is 2. The number of nitrogens with zero attached hydrogens (tertiary/aromatic N) is 4. The Hall–Kier alpha value is -3.62. The van der Waals surface area contributed by atoms with Crippen LogP contribution < -0.4 is 10.2 Å². The average Bonchev–Trinajstić information content (AvgIpc) is 2.85. The number of carbonyl (C=O) groups excluding carboxylic acids is 1. The number of amides is 2. The van der Waals surface area contributed by atoms with E-state index in [0.717, 1.165) is 23.4 Å². The number of carbonyl (C=O) groups is 1. The van der Waals surface area contributed by atoms with Crippen molar-refractivity contribution in [2.45, 2.75) is 39.8 Å². The molecule has 9 heteroatoms. The van der Waals surface area contributed by atoms with Gasteiger partial charge in [0.05, 0.1) is 5.56 Å². The van der Waals surface area contributed by atoms with Gasteiger partial charge in [0.1, 0.15) is 5.82 Å². The zero-order valence-electron chi connectivity index (χ0n) is 20.9. The van der Waals surface area contributed by atoms with Crippen LogP contribution in [-0.2, 0) is 6.18 Å². The van der Waals surface area contributed by atoms with Gasteiger partial charge in [0.15, 0.2) is 5.82 Å². The number of urea groups is 1. The molecule has 1 saturated heterocycles. The van der Waals surface area contributed by atoms with Gasteiger partial charge in [0.25, 0.3) is 0 Å². The van der Waals surface area contributed by atoms with E-state index in [4.69, 9.17) is 0 Å². The summed E-state index contributed by atoms with van der Waals surface area (Å²) in [6, 6.07) is 12.7. The van der Waals surface area contributed by atoms with Crippen LogP contribution in [0.5, 0.6) is 0 Å². The molecule has 1 aromatic heterocycles. The van der Waals surface area contributed by atoms with Crippen molar-refractivity contribution in [3.05, 3.63) is 70.9 Å². The van der Waals surface area contributed by atoms with Gasteiger partial charge in [-0.05, 0) is 49.6 Å². The van der Waals surface area contributed by atoms with E-state index < -0.39 is 11.7 Å². The molecule has 1 aliphatic heterocycles. The number of alkyl halides is 3. The minimum Gasteiger partial charge on any atom is -0.353 e. The fourth-order valence-electron chi connectivity index (χ4n) is 4.16. The largest absolute Gasteiger partial charge is 0.416 e. The maximum Gasteiger partial charge on any atom is 0.416 e. The molecule has 2 heterocycles. The maximum absolute atomic E-state index is 13.2. The van der Waals surface area contributed by atoms with E-state index in [2.05, 4.69) is 34.0 Å². The number of hydrogen-bond donors (Lipinski definition) is 1. The molecule has 0 saturated carbocycles. The third kappa shape index (κ3) is 5.61. The predicted octanol–water partition coefficient (Wildman–Crippen LogP) is 6.26. The van der Waals surface area contributed by atoms with Crippen LogP contribution in [0.25, 0.3) is 11.4 Å². The molecule has 6 nitrogen and oxygen atoms in total. The second-order valence-electron chi connectivity index (χ2n) is 9.34. The third-order valence-electron chi connectivity index (χ3n) is 6.51. The summed E-state index contributed by atoms with van der Waals surface area (Å²) < 4.78 is 39.6. The van der Waals surface area contributed by atoms with Crippen LogP contribution >= 0.6 is 0 Å². The number of halogens is 3. The minimum atomic E-state index is -4.44. The Morgan fingerprint density at radius 2 is 1.64 bits per heavy atom. The van der Waals surface area contributed by atoms with E-state index in [-0.39, 0.29) is 11.9 Å². The van der Waals surface area contributed by atoms with Gasteiger partial charge >= 0.3 is 12.2 Å². The van der Waals surface area contributed by atoms with Crippen LogP contribution in [-0.4, -0.2) is 47.1 Å². The third-order valence-corrected chi connectivity index (χ3v) is 6.51. The van der Waals surface area contributed by atoms with Crippen LogP contribution in [0.3, 0.4) is 0 Å². The summed E-state index contributed by atoms with van der Waals surface area (Å²) in [4.78, 5) is 25.7. The lowest BCUT2D eigenvalue weighted by Gasteiger charge is -2.36. The molecule has 2 amide bonds. The number of anilines is 2. The highest BCUT2D eigenvalue weighted by atomic mass is 19.4. The molecule has 0 bridgehead atoms. The van der Waals surface area contributed by atoms with E-state index in [1.54, 1.807) is 11.0 Å². The zero-order valence-corrected chi connectivity index (χ0v) is 20.9. The molecular formula is C27H30F3N5O. The molecule has 1 N–H and O–H groups in total. The molecule has 0 radical (unpaired) electrons. The van der Waals surface area contributed by atoms with Crippen LogP contribution in [0.4, 0.5) is 29.5 Å². The highest BCUT2D eigenvalue weighted by Crippen LogP contribution is 2.32. The van der Waals surface area contributed by atoms with Crippen molar-refractivity contribution in [3.63, 3.8) is 0 Å². The van der Waals surface area contributed by atoms with Crippen molar-refractivity contribution in [1.82, 2.24) is 14.9 Å². The summed E-state index contributed by atoms with van der Waals surface area (Å²) in [5, 5.41) is 2.95. The Morgan fingerprint density at radius 1 is 0.972 bits per heavy atom. The van der Waals surface area contributed by atoms with Crippen molar-refractivity contribution in [1.29, 1.82) is 0 Å². The number of aromatic nitrogens is 2. The molecule has 0 atom stereocenters. The molecule has 0 unspecified atom stereocenters. The van der Waals surface area contributed by atoms with Crippen LogP contribution in [0.15, 0.2) is 48.5 Å². The van der Waals surface area contributed by atoms with Gasteiger partial charge in [0.2, 0.25) is 0 Å². The molecule has 0 aliphatic carbocycles. The zero-order chi connectivity index (χ0) is 26.0. The van der Waals surface area contributed by atoms with Crippen molar-refractivity contribution in [2.24, 2.45) is 0 Å². The number of piperazine rings is 1. The first-order chi connectivity index (χ1) is 17.0. The molecular weight excluding hydrogens is 467 g/mol. The lowest BCUT2D eigenvalue weighted by Crippen LogP contribution is -2.50. The molecule has 36 heavy (non-hydrogen) atoms. The fourth-order valence-corrected chi connectivity index (χ4v) is 4.16. The van der Waals surface area contributed by atoms with E-state index in [0.29, 0.717) is 49.2 Å². The van der Waals surface area contributed by atoms with Gasteiger partial charge in [0, 0.05) is 48.7 Å². The summed E-state index contributed by atoms with van der Waals surface area (Å²) in [6.07, 6.45) is -4.44. The first-order valence-electron chi connectivity index (χ1n) is 12.0. The van der Waals surface area contributed by atoms with E-state index in [1.165, 1.54) is 11.6 Å². The molecule has 190 valence electrons. The Bertz CT molecular complexity index is 1230. The summed E-state index contributed by atoms with van der Waals surface area (Å²) in [7, 11) is 0. The van der Waals surface area contributed by atoms with E-state index in [9.17, 15) is 18.0 Å². The van der Waals surface area contributed by atoms with Crippen LogP contribution in [0, 0.1) is 13.8 Å². The van der Waals surface area contributed by atoms with Gasteiger partial charge in [-0.15, -0.1) is 0 Å². The fraction of sp³-hybridized carbons (Fsp3) is 0.370. The molecule has 1 aliphatic rings. The first-order valence-corrected chi connectivity index (χ1v) is 12.0. The van der Waals surface area contributed by atoms with Gasteiger partial charge in [-0.3, -0.25) is 0 Å². The molecule has 1 fully saturated rings. The smallest absolute Gasteiger partial charge is 0.353 e. The molecule has 0 spiro atoms. The molecule has 3 aromatic rings. The van der Waals surface area contributed by atoms with Crippen LogP contribution in [0.2, 0.25) is 0 Å². The highest BCUT2D eigenvalue weighted by Gasteiger charge is 2.31. The monoisotopic (exact) mass is 497 g/mol. The SMILES string of the molecule is Cc1nc(-c2cccc(C(F)(F)F)c2)nc(N2CCN(C(=O)Nc3ccc(C(C)C)cc3)CC2)c1C. The normalized spacial score (nSPS) is 14.3. The second-order valence-corrected chi connectivity index (χ2v) is 9.34.